The Morgan fingerprint density at radius 1 is 1.29 bits per heavy atom. The minimum Gasteiger partial charge on any atom is -0.478 e. The number of methoxy groups -OCH3 is 1. The van der Waals surface area contributed by atoms with Crippen LogP contribution in [0.1, 0.15) is 40.5 Å². The number of piperidine rings is 1. The summed E-state index contributed by atoms with van der Waals surface area (Å²) < 4.78 is 4.89. The van der Waals surface area contributed by atoms with E-state index in [1.54, 1.807) is 0 Å². The highest BCUT2D eigenvalue weighted by Gasteiger charge is 2.33. The van der Waals surface area contributed by atoms with Crippen molar-refractivity contribution in [2.45, 2.75) is 25.8 Å². The molecule has 1 saturated heterocycles. The molecule has 2 amide bonds. The number of nitro benzene ring substituents is 1. The van der Waals surface area contributed by atoms with Gasteiger partial charge in [0.2, 0.25) is 5.91 Å². The standard InChI is InChI=1S/C18H23N3O7/c1-11-3-4-12(16(22)19-5-6-28-2)10-20(11)17(23)13-7-14(18(24)25)9-15(8-13)21(26)27/h7-9,11-12H,3-6,10H2,1-2H3,(H,19,22)(H,24,25). The zero-order chi connectivity index (χ0) is 20.8. The summed E-state index contributed by atoms with van der Waals surface area (Å²) in [4.78, 5) is 48.3. The van der Waals surface area contributed by atoms with E-state index in [1.165, 1.54) is 12.0 Å². The monoisotopic (exact) mass is 393 g/mol. The Morgan fingerprint density at radius 3 is 2.57 bits per heavy atom. The number of rotatable bonds is 7. The second kappa shape index (κ2) is 9.27. The first-order chi connectivity index (χ1) is 13.2. The summed E-state index contributed by atoms with van der Waals surface area (Å²) in [5.41, 5.74) is -0.892. The molecule has 1 aromatic carbocycles. The number of likely N-dealkylation sites (tertiary alicyclic amines) is 1. The molecule has 152 valence electrons. The predicted molar refractivity (Wildman–Crippen MR) is 98.2 cm³/mol. The minimum absolute atomic E-state index is 0.0844. The molecular formula is C18H23N3O7. The lowest BCUT2D eigenvalue weighted by atomic mass is 9.92. The summed E-state index contributed by atoms with van der Waals surface area (Å²) in [5, 5.41) is 23.0. The van der Waals surface area contributed by atoms with E-state index in [0.717, 1.165) is 18.2 Å². The first-order valence-corrected chi connectivity index (χ1v) is 8.85. The van der Waals surface area contributed by atoms with Gasteiger partial charge in [-0.3, -0.25) is 19.7 Å². The van der Waals surface area contributed by atoms with E-state index in [4.69, 9.17) is 9.84 Å². The lowest BCUT2D eigenvalue weighted by Crippen LogP contribution is -2.49. The molecule has 1 aliphatic rings. The molecule has 0 bridgehead atoms. The van der Waals surface area contributed by atoms with Crippen molar-refractivity contribution >= 4 is 23.5 Å². The van der Waals surface area contributed by atoms with Gasteiger partial charge in [0.25, 0.3) is 11.6 Å². The van der Waals surface area contributed by atoms with Crippen molar-refractivity contribution in [1.82, 2.24) is 10.2 Å². The maximum Gasteiger partial charge on any atom is 0.335 e. The zero-order valence-electron chi connectivity index (χ0n) is 15.7. The number of carbonyl (C=O) groups is 3. The largest absolute Gasteiger partial charge is 0.478 e. The van der Waals surface area contributed by atoms with Gasteiger partial charge in [-0.2, -0.15) is 0 Å². The SMILES string of the molecule is COCCNC(=O)C1CCC(C)N(C(=O)c2cc(C(=O)O)cc([N+](=O)[O-])c2)C1. The maximum atomic E-state index is 12.9. The van der Waals surface area contributed by atoms with Crippen LogP contribution in [0.2, 0.25) is 0 Å². The number of non-ortho nitro benzene ring substituents is 1. The summed E-state index contributed by atoms with van der Waals surface area (Å²) in [7, 11) is 1.53. The smallest absolute Gasteiger partial charge is 0.335 e. The number of benzene rings is 1. The van der Waals surface area contributed by atoms with Crippen molar-refractivity contribution in [1.29, 1.82) is 0 Å². The van der Waals surface area contributed by atoms with Crippen LogP contribution < -0.4 is 5.32 Å². The normalized spacial score (nSPS) is 19.1. The van der Waals surface area contributed by atoms with E-state index in [9.17, 15) is 24.5 Å². The number of ether oxygens (including phenoxy) is 1. The number of aromatic carboxylic acids is 1. The Hall–Kier alpha value is -3.01. The quantitative estimate of drug-likeness (QED) is 0.404. The first-order valence-electron chi connectivity index (χ1n) is 8.85. The predicted octanol–water partition coefficient (Wildman–Crippen LogP) is 1.30. The Kier molecular flexibility index (Phi) is 7.05. The topological polar surface area (TPSA) is 139 Å². The Labute approximate surface area is 161 Å². The fraction of sp³-hybridized carbons (Fsp3) is 0.500. The summed E-state index contributed by atoms with van der Waals surface area (Å²) in [6, 6.07) is 2.91. The molecule has 10 heteroatoms. The summed E-state index contributed by atoms with van der Waals surface area (Å²) in [5.74, 6) is -2.49. The Morgan fingerprint density at radius 2 is 1.96 bits per heavy atom. The van der Waals surface area contributed by atoms with Gasteiger partial charge in [0, 0.05) is 43.9 Å². The van der Waals surface area contributed by atoms with Crippen molar-refractivity contribution in [2.24, 2.45) is 5.92 Å². The number of nitrogens with one attached hydrogen (secondary N) is 1. The van der Waals surface area contributed by atoms with Crippen LogP contribution in [0.5, 0.6) is 0 Å². The Balaban J connectivity index is 2.22. The van der Waals surface area contributed by atoms with Gasteiger partial charge < -0.3 is 20.1 Å². The molecule has 1 fully saturated rings. The van der Waals surface area contributed by atoms with Gasteiger partial charge in [0.05, 0.1) is 23.0 Å². The maximum absolute atomic E-state index is 12.9. The molecule has 0 radical (unpaired) electrons. The van der Waals surface area contributed by atoms with Crippen LogP contribution in [0, 0.1) is 16.0 Å². The third-order valence-electron chi connectivity index (χ3n) is 4.74. The van der Waals surface area contributed by atoms with Crippen LogP contribution in [-0.2, 0) is 9.53 Å². The molecule has 2 atom stereocenters. The third-order valence-corrected chi connectivity index (χ3v) is 4.74. The number of hydrogen-bond donors (Lipinski definition) is 2. The molecule has 1 aromatic rings. The van der Waals surface area contributed by atoms with Crippen molar-refractivity contribution < 1.29 is 29.2 Å². The second-order valence-corrected chi connectivity index (χ2v) is 6.70. The van der Waals surface area contributed by atoms with Crippen LogP contribution >= 0.6 is 0 Å². The van der Waals surface area contributed by atoms with Crippen molar-refractivity contribution in [2.75, 3.05) is 26.8 Å². The highest BCUT2D eigenvalue weighted by atomic mass is 16.6. The minimum atomic E-state index is -1.36. The van der Waals surface area contributed by atoms with E-state index < -0.39 is 28.4 Å². The van der Waals surface area contributed by atoms with E-state index in [2.05, 4.69) is 5.32 Å². The van der Waals surface area contributed by atoms with Gasteiger partial charge in [-0.25, -0.2) is 4.79 Å². The van der Waals surface area contributed by atoms with Crippen LogP contribution in [0.25, 0.3) is 0 Å². The van der Waals surface area contributed by atoms with Gasteiger partial charge in [-0.05, 0) is 25.8 Å². The molecule has 2 rings (SSSR count). The van der Waals surface area contributed by atoms with Crippen LogP contribution in [0.3, 0.4) is 0 Å². The number of nitrogens with zero attached hydrogens (tertiary/aromatic N) is 2. The van der Waals surface area contributed by atoms with E-state index in [0.29, 0.717) is 26.0 Å². The van der Waals surface area contributed by atoms with Crippen molar-refractivity contribution in [3.05, 3.63) is 39.4 Å². The van der Waals surface area contributed by atoms with Gasteiger partial charge in [-0.15, -0.1) is 0 Å². The summed E-state index contributed by atoms with van der Waals surface area (Å²) in [6.07, 6.45) is 1.20. The average Bonchev–Trinajstić information content (AvgIpc) is 2.67. The highest BCUT2D eigenvalue weighted by Crippen LogP contribution is 2.26. The number of amides is 2. The molecule has 1 heterocycles. The van der Waals surface area contributed by atoms with Gasteiger partial charge in [0.15, 0.2) is 0 Å². The van der Waals surface area contributed by atoms with E-state index in [-0.39, 0.29) is 29.6 Å². The summed E-state index contributed by atoms with van der Waals surface area (Å²) >= 11 is 0. The number of nitro groups is 1. The molecule has 0 saturated carbocycles. The first kappa shape index (κ1) is 21.3. The third kappa shape index (κ3) is 5.03. The fourth-order valence-corrected chi connectivity index (χ4v) is 3.15. The molecule has 0 aliphatic carbocycles. The average molecular weight is 393 g/mol. The molecule has 0 spiro atoms. The molecule has 2 unspecified atom stereocenters. The number of carboxylic acids is 1. The van der Waals surface area contributed by atoms with Gasteiger partial charge in [0.1, 0.15) is 0 Å². The molecule has 0 aromatic heterocycles. The van der Waals surface area contributed by atoms with Crippen molar-refractivity contribution in [3.8, 4) is 0 Å². The summed E-state index contributed by atoms with van der Waals surface area (Å²) in [6.45, 7) is 2.72. The van der Waals surface area contributed by atoms with E-state index in [1.807, 2.05) is 6.92 Å². The van der Waals surface area contributed by atoms with Crippen LogP contribution in [-0.4, -0.2) is 65.6 Å². The van der Waals surface area contributed by atoms with Crippen LogP contribution in [0.4, 0.5) is 5.69 Å². The van der Waals surface area contributed by atoms with E-state index >= 15 is 0 Å². The second-order valence-electron chi connectivity index (χ2n) is 6.70. The lowest BCUT2D eigenvalue weighted by molar-refractivity contribution is -0.384. The Bertz CT molecular complexity index is 748. The molecule has 2 N–H and O–H groups in total. The molecule has 1 aliphatic heterocycles. The highest BCUT2D eigenvalue weighted by molar-refractivity contribution is 5.99. The zero-order valence-corrected chi connectivity index (χ0v) is 15.7. The van der Waals surface area contributed by atoms with Crippen LogP contribution in [0.15, 0.2) is 18.2 Å². The molecular weight excluding hydrogens is 370 g/mol. The van der Waals surface area contributed by atoms with Gasteiger partial charge in [-0.1, -0.05) is 0 Å². The molecule has 10 nitrogen and oxygen atoms in total. The number of carboxylic acid groups (broad SMARTS) is 1. The fourth-order valence-electron chi connectivity index (χ4n) is 3.15. The molecule has 28 heavy (non-hydrogen) atoms. The number of carbonyl (C=O) groups excluding carboxylic acids is 2. The van der Waals surface area contributed by atoms with Gasteiger partial charge >= 0.3 is 5.97 Å². The van der Waals surface area contributed by atoms with Crippen molar-refractivity contribution in [3.63, 3.8) is 0 Å². The lowest BCUT2D eigenvalue weighted by Gasteiger charge is -2.37. The number of hydrogen-bond acceptors (Lipinski definition) is 6.